The third-order valence-electron chi connectivity index (χ3n) is 4.97. The molecule has 1 N–H and O–H groups in total. The lowest BCUT2D eigenvalue weighted by Gasteiger charge is -2.37. The van der Waals surface area contributed by atoms with Crippen molar-refractivity contribution in [3.8, 4) is 0 Å². The molecule has 3 nitrogen and oxygen atoms in total. The first kappa shape index (κ1) is 15.0. The predicted octanol–water partition coefficient (Wildman–Crippen LogP) is 3.04. The number of benzene rings is 1. The topological polar surface area (TPSA) is 30.5 Å². The summed E-state index contributed by atoms with van der Waals surface area (Å²) in [5, 5.41) is 3.75. The molecule has 2 saturated heterocycles. The molecule has 3 heteroatoms. The standard InChI is InChI=1S/C18H27NO2/c1-13-8-14(2)17(15(3)9-13)11-19-16-4-6-21-18(10-16)5-7-20-12-18/h8-9,16,19H,4-7,10-12H2,1-3H3/t16-,18+/m0/s1. The third kappa shape index (κ3) is 3.31. The van der Waals surface area contributed by atoms with Gasteiger partial charge in [-0.05, 0) is 50.3 Å². The van der Waals surface area contributed by atoms with Crippen LogP contribution in [0.1, 0.15) is 41.5 Å². The summed E-state index contributed by atoms with van der Waals surface area (Å²) in [6.07, 6.45) is 3.23. The molecule has 0 aliphatic carbocycles. The van der Waals surface area contributed by atoms with Crippen molar-refractivity contribution in [2.24, 2.45) is 0 Å². The molecule has 0 unspecified atom stereocenters. The Labute approximate surface area is 128 Å². The van der Waals surface area contributed by atoms with Gasteiger partial charge in [-0.1, -0.05) is 17.7 Å². The highest BCUT2D eigenvalue weighted by Crippen LogP contribution is 2.33. The van der Waals surface area contributed by atoms with Crippen molar-refractivity contribution in [2.75, 3.05) is 19.8 Å². The van der Waals surface area contributed by atoms with E-state index < -0.39 is 0 Å². The van der Waals surface area contributed by atoms with E-state index in [4.69, 9.17) is 9.47 Å². The second-order valence-corrected chi connectivity index (χ2v) is 6.78. The fraction of sp³-hybridized carbons (Fsp3) is 0.667. The normalized spacial score (nSPS) is 29.2. The number of nitrogens with one attached hydrogen (secondary N) is 1. The van der Waals surface area contributed by atoms with Gasteiger partial charge in [0.25, 0.3) is 0 Å². The first-order chi connectivity index (χ1) is 10.1. The zero-order valence-corrected chi connectivity index (χ0v) is 13.5. The van der Waals surface area contributed by atoms with E-state index in [1.54, 1.807) is 0 Å². The van der Waals surface area contributed by atoms with E-state index in [9.17, 15) is 0 Å². The minimum atomic E-state index is -0.00666. The molecular formula is C18H27NO2. The van der Waals surface area contributed by atoms with E-state index in [0.29, 0.717) is 6.04 Å². The molecule has 2 aliphatic rings. The molecule has 2 aliphatic heterocycles. The lowest BCUT2D eigenvalue weighted by molar-refractivity contribution is -0.0894. The van der Waals surface area contributed by atoms with Crippen LogP contribution in [0.3, 0.4) is 0 Å². The second-order valence-electron chi connectivity index (χ2n) is 6.78. The van der Waals surface area contributed by atoms with Crippen LogP contribution in [0, 0.1) is 20.8 Å². The van der Waals surface area contributed by atoms with Gasteiger partial charge in [0, 0.05) is 32.2 Å². The van der Waals surface area contributed by atoms with Crippen molar-refractivity contribution in [1.29, 1.82) is 0 Å². The molecule has 3 rings (SSSR count). The fourth-order valence-electron chi connectivity index (χ4n) is 3.80. The average molecular weight is 289 g/mol. The summed E-state index contributed by atoms with van der Waals surface area (Å²) in [4.78, 5) is 0. The van der Waals surface area contributed by atoms with Gasteiger partial charge in [-0.2, -0.15) is 0 Å². The Hall–Kier alpha value is -0.900. The molecule has 1 spiro atoms. The lowest BCUT2D eigenvalue weighted by Crippen LogP contribution is -2.47. The molecule has 2 fully saturated rings. The summed E-state index contributed by atoms with van der Waals surface area (Å²) >= 11 is 0. The van der Waals surface area contributed by atoms with Crippen LogP contribution in [0.2, 0.25) is 0 Å². The Morgan fingerprint density at radius 2 is 1.95 bits per heavy atom. The summed E-state index contributed by atoms with van der Waals surface area (Å²) in [6.45, 7) is 10.0. The van der Waals surface area contributed by atoms with Crippen LogP contribution in [0.15, 0.2) is 12.1 Å². The van der Waals surface area contributed by atoms with Gasteiger partial charge in [-0.25, -0.2) is 0 Å². The highest BCUT2D eigenvalue weighted by molar-refractivity contribution is 5.37. The van der Waals surface area contributed by atoms with Crippen molar-refractivity contribution < 1.29 is 9.47 Å². The summed E-state index contributed by atoms with van der Waals surface area (Å²) in [6, 6.07) is 5.10. The molecule has 2 atom stereocenters. The van der Waals surface area contributed by atoms with Crippen LogP contribution < -0.4 is 5.32 Å². The summed E-state index contributed by atoms with van der Waals surface area (Å²) in [5.41, 5.74) is 5.58. The van der Waals surface area contributed by atoms with Crippen molar-refractivity contribution in [1.82, 2.24) is 5.32 Å². The Morgan fingerprint density at radius 3 is 2.62 bits per heavy atom. The molecule has 0 aromatic heterocycles. The van der Waals surface area contributed by atoms with Gasteiger partial charge in [-0.3, -0.25) is 0 Å². The van der Waals surface area contributed by atoms with E-state index in [0.717, 1.165) is 45.6 Å². The van der Waals surface area contributed by atoms with Crippen LogP contribution in [0.25, 0.3) is 0 Å². The zero-order valence-electron chi connectivity index (χ0n) is 13.5. The van der Waals surface area contributed by atoms with Gasteiger partial charge >= 0.3 is 0 Å². The van der Waals surface area contributed by atoms with Crippen LogP contribution in [-0.4, -0.2) is 31.5 Å². The van der Waals surface area contributed by atoms with Gasteiger partial charge in [0.15, 0.2) is 0 Å². The lowest BCUT2D eigenvalue weighted by atomic mass is 9.89. The Morgan fingerprint density at radius 1 is 1.19 bits per heavy atom. The molecule has 0 bridgehead atoms. The number of hydrogen-bond acceptors (Lipinski definition) is 3. The maximum atomic E-state index is 6.01. The van der Waals surface area contributed by atoms with Gasteiger partial charge in [0.1, 0.15) is 0 Å². The third-order valence-corrected chi connectivity index (χ3v) is 4.97. The van der Waals surface area contributed by atoms with Crippen LogP contribution in [0.5, 0.6) is 0 Å². The molecule has 116 valence electrons. The van der Waals surface area contributed by atoms with Crippen LogP contribution in [-0.2, 0) is 16.0 Å². The second kappa shape index (κ2) is 6.07. The number of ether oxygens (including phenoxy) is 2. The predicted molar refractivity (Wildman–Crippen MR) is 84.6 cm³/mol. The molecule has 0 saturated carbocycles. The first-order valence-corrected chi connectivity index (χ1v) is 8.10. The average Bonchev–Trinajstić information content (AvgIpc) is 2.85. The number of aryl methyl sites for hydroxylation is 3. The molecule has 21 heavy (non-hydrogen) atoms. The van der Waals surface area contributed by atoms with E-state index in [2.05, 4.69) is 38.2 Å². The van der Waals surface area contributed by atoms with Gasteiger partial charge < -0.3 is 14.8 Å². The van der Waals surface area contributed by atoms with E-state index >= 15 is 0 Å². The monoisotopic (exact) mass is 289 g/mol. The van der Waals surface area contributed by atoms with Crippen molar-refractivity contribution in [2.45, 2.75) is 58.2 Å². The molecular weight excluding hydrogens is 262 g/mol. The maximum Gasteiger partial charge on any atom is 0.0951 e. The molecule has 2 heterocycles. The van der Waals surface area contributed by atoms with Crippen molar-refractivity contribution >= 4 is 0 Å². The minimum Gasteiger partial charge on any atom is -0.378 e. The zero-order chi connectivity index (χ0) is 14.9. The van der Waals surface area contributed by atoms with Crippen molar-refractivity contribution in [3.05, 3.63) is 34.4 Å². The smallest absolute Gasteiger partial charge is 0.0951 e. The quantitative estimate of drug-likeness (QED) is 0.928. The summed E-state index contributed by atoms with van der Waals surface area (Å²) in [7, 11) is 0. The Balaban J connectivity index is 1.62. The first-order valence-electron chi connectivity index (χ1n) is 8.10. The van der Waals surface area contributed by atoms with E-state index in [1.807, 2.05) is 0 Å². The largest absolute Gasteiger partial charge is 0.378 e. The number of rotatable bonds is 3. The molecule has 1 aromatic carbocycles. The highest BCUT2D eigenvalue weighted by Gasteiger charge is 2.40. The van der Waals surface area contributed by atoms with Crippen LogP contribution in [0.4, 0.5) is 0 Å². The maximum absolute atomic E-state index is 6.01. The van der Waals surface area contributed by atoms with E-state index in [-0.39, 0.29) is 5.60 Å². The fourth-order valence-corrected chi connectivity index (χ4v) is 3.80. The van der Waals surface area contributed by atoms with Gasteiger partial charge in [0.2, 0.25) is 0 Å². The molecule has 0 radical (unpaired) electrons. The Kier molecular flexibility index (Phi) is 4.34. The minimum absolute atomic E-state index is 0.00666. The van der Waals surface area contributed by atoms with Crippen LogP contribution >= 0.6 is 0 Å². The van der Waals surface area contributed by atoms with Crippen molar-refractivity contribution in [3.63, 3.8) is 0 Å². The molecule has 1 aromatic rings. The summed E-state index contributed by atoms with van der Waals surface area (Å²) < 4.78 is 11.6. The van der Waals surface area contributed by atoms with E-state index in [1.165, 1.54) is 22.3 Å². The SMILES string of the molecule is Cc1cc(C)c(CN[C@H]2CCO[C@]3(CCOC3)C2)c(C)c1. The van der Waals surface area contributed by atoms with Gasteiger partial charge in [-0.15, -0.1) is 0 Å². The number of hydrogen-bond donors (Lipinski definition) is 1. The molecule has 0 amide bonds. The summed E-state index contributed by atoms with van der Waals surface area (Å²) in [5.74, 6) is 0. The van der Waals surface area contributed by atoms with Gasteiger partial charge in [0.05, 0.1) is 12.2 Å². The highest BCUT2D eigenvalue weighted by atomic mass is 16.6. The Bertz CT molecular complexity index is 483.